The predicted octanol–water partition coefficient (Wildman–Crippen LogP) is 1.58. The fraction of sp³-hybridized carbons (Fsp3) is 0.0714. The number of aromatic nitrogens is 1. The second-order valence-corrected chi connectivity index (χ2v) is 4.68. The number of nitrogens with two attached hydrogens (primary N) is 2. The number of carbonyl (C=O) groups excluding carboxylic acids is 1. The summed E-state index contributed by atoms with van der Waals surface area (Å²) in [7, 11) is 1.87. The molecule has 1 aromatic carbocycles. The van der Waals surface area contributed by atoms with E-state index in [2.05, 4.69) is 4.98 Å². The molecular formula is C14H14N4OS. The van der Waals surface area contributed by atoms with Crippen LogP contribution in [0, 0.1) is 0 Å². The van der Waals surface area contributed by atoms with Gasteiger partial charge in [-0.3, -0.25) is 9.78 Å². The highest BCUT2D eigenvalue weighted by Crippen LogP contribution is 2.24. The number of hydrogen-bond acceptors (Lipinski definition) is 4. The van der Waals surface area contributed by atoms with Gasteiger partial charge in [0.25, 0.3) is 5.91 Å². The summed E-state index contributed by atoms with van der Waals surface area (Å²) in [4.78, 5) is 17.3. The Hall–Kier alpha value is -2.47. The van der Waals surface area contributed by atoms with Gasteiger partial charge in [0, 0.05) is 30.2 Å². The molecule has 0 spiro atoms. The van der Waals surface area contributed by atoms with E-state index in [-0.39, 0.29) is 5.69 Å². The van der Waals surface area contributed by atoms with Crippen molar-refractivity contribution in [3.05, 3.63) is 53.9 Å². The summed E-state index contributed by atoms with van der Waals surface area (Å²) < 4.78 is 0. The molecule has 0 aliphatic heterocycles. The molecule has 2 aromatic rings. The molecule has 0 aliphatic carbocycles. The first-order valence-electron chi connectivity index (χ1n) is 5.88. The van der Waals surface area contributed by atoms with Crippen molar-refractivity contribution in [1.82, 2.24) is 4.98 Å². The number of benzene rings is 1. The number of carbonyl (C=O) groups is 1. The zero-order valence-corrected chi connectivity index (χ0v) is 11.7. The van der Waals surface area contributed by atoms with E-state index in [4.69, 9.17) is 23.7 Å². The summed E-state index contributed by atoms with van der Waals surface area (Å²) in [5.41, 5.74) is 13.6. The van der Waals surface area contributed by atoms with Crippen LogP contribution < -0.4 is 16.4 Å². The molecule has 0 unspecified atom stereocenters. The summed E-state index contributed by atoms with van der Waals surface area (Å²) >= 11 is 4.97. The topological polar surface area (TPSA) is 85.2 Å². The Morgan fingerprint density at radius 2 is 1.90 bits per heavy atom. The van der Waals surface area contributed by atoms with Crippen LogP contribution >= 0.6 is 12.2 Å². The van der Waals surface area contributed by atoms with E-state index in [0.717, 1.165) is 16.9 Å². The van der Waals surface area contributed by atoms with Crippen LogP contribution in [0.2, 0.25) is 0 Å². The van der Waals surface area contributed by atoms with Crippen molar-refractivity contribution >= 4 is 34.5 Å². The van der Waals surface area contributed by atoms with Crippen LogP contribution in [-0.2, 0) is 0 Å². The Labute approximate surface area is 122 Å². The van der Waals surface area contributed by atoms with Gasteiger partial charge in [0.2, 0.25) is 0 Å². The van der Waals surface area contributed by atoms with E-state index in [1.54, 1.807) is 18.3 Å². The molecule has 0 fully saturated rings. The third-order valence-electron chi connectivity index (χ3n) is 2.90. The number of rotatable bonds is 4. The number of amides is 1. The van der Waals surface area contributed by atoms with Crippen LogP contribution in [0.4, 0.5) is 11.4 Å². The average Bonchev–Trinajstić information content (AvgIpc) is 2.46. The fourth-order valence-corrected chi connectivity index (χ4v) is 1.91. The average molecular weight is 286 g/mol. The lowest BCUT2D eigenvalue weighted by Gasteiger charge is -2.20. The summed E-state index contributed by atoms with van der Waals surface area (Å²) in [6, 6.07) is 11.0. The normalized spacial score (nSPS) is 10.1. The molecule has 4 N–H and O–H groups in total. The summed E-state index contributed by atoms with van der Waals surface area (Å²) in [5, 5.41) is 0. The van der Waals surface area contributed by atoms with Crippen molar-refractivity contribution in [2.45, 2.75) is 0 Å². The second-order valence-electron chi connectivity index (χ2n) is 4.24. The summed E-state index contributed by atoms with van der Waals surface area (Å²) in [5.74, 6) is -0.558. The van der Waals surface area contributed by atoms with Crippen LogP contribution in [0.15, 0.2) is 42.6 Å². The van der Waals surface area contributed by atoms with E-state index < -0.39 is 5.91 Å². The lowest BCUT2D eigenvalue weighted by Crippen LogP contribution is -2.16. The third-order valence-corrected chi connectivity index (χ3v) is 3.14. The molecule has 1 heterocycles. The standard InChI is InChI=1S/C14H14N4OS/c1-18(10-4-2-3-9(7-10)14(16)20)11-5-6-17-12(8-11)13(15)19/h2-8H,1H3,(H2,15,19)(H2,16,20). The van der Waals surface area contributed by atoms with Gasteiger partial charge in [0.15, 0.2) is 0 Å². The van der Waals surface area contributed by atoms with Gasteiger partial charge in [-0.15, -0.1) is 0 Å². The van der Waals surface area contributed by atoms with Crippen molar-refractivity contribution < 1.29 is 4.79 Å². The Morgan fingerprint density at radius 1 is 1.20 bits per heavy atom. The Kier molecular flexibility index (Phi) is 3.95. The van der Waals surface area contributed by atoms with Crippen LogP contribution in [-0.4, -0.2) is 22.9 Å². The van der Waals surface area contributed by atoms with E-state index in [1.807, 2.05) is 36.2 Å². The van der Waals surface area contributed by atoms with Gasteiger partial charge in [-0.25, -0.2) is 0 Å². The van der Waals surface area contributed by atoms with Gasteiger partial charge in [-0.05, 0) is 24.3 Å². The number of nitrogens with zero attached hydrogens (tertiary/aromatic N) is 2. The third kappa shape index (κ3) is 2.92. The molecule has 0 radical (unpaired) electrons. The van der Waals surface area contributed by atoms with E-state index in [1.165, 1.54) is 0 Å². The van der Waals surface area contributed by atoms with Gasteiger partial charge >= 0.3 is 0 Å². The molecule has 0 saturated heterocycles. The van der Waals surface area contributed by atoms with Crippen molar-refractivity contribution in [3.63, 3.8) is 0 Å². The van der Waals surface area contributed by atoms with Crippen LogP contribution in [0.5, 0.6) is 0 Å². The Morgan fingerprint density at radius 3 is 2.55 bits per heavy atom. The first-order chi connectivity index (χ1) is 9.49. The highest BCUT2D eigenvalue weighted by molar-refractivity contribution is 7.80. The van der Waals surface area contributed by atoms with E-state index in [9.17, 15) is 4.79 Å². The molecule has 102 valence electrons. The number of hydrogen-bond donors (Lipinski definition) is 2. The first-order valence-corrected chi connectivity index (χ1v) is 6.29. The molecule has 5 nitrogen and oxygen atoms in total. The maximum absolute atomic E-state index is 11.2. The number of anilines is 2. The first kappa shape index (κ1) is 14.0. The molecule has 1 aromatic heterocycles. The molecule has 0 atom stereocenters. The smallest absolute Gasteiger partial charge is 0.267 e. The Bertz CT molecular complexity index is 614. The largest absolute Gasteiger partial charge is 0.389 e. The highest BCUT2D eigenvalue weighted by atomic mass is 32.1. The fourth-order valence-electron chi connectivity index (χ4n) is 1.78. The molecular weight excluding hydrogens is 272 g/mol. The quantitative estimate of drug-likeness (QED) is 0.834. The molecule has 0 aliphatic rings. The zero-order chi connectivity index (χ0) is 14.7. The van der Waals surface area contributed by atoms with Crippen molar-refractivity contribution in [3.8, 4) is 0 Å². The predicted molar refractivity (Wildman–Crippen MR) is 83.1 cm³/mol. The van der Waals surface area contributed by atoms with Crippen LogP contribution in [0.3, 0.4) is 0 Å². The molecule has 2 rings (SSSR count). The second kappa shape index (κ2) is 5.66. The van der Waals surface area contributed by atoms with Crippen molar-refractivity contribution in [2.24, 2.45) is 11.5 Å². The Balaban J connectivity index is 2.38. The molecule has 0 bridgehead atoms. The van der Waals surface area contributed by atoms with Crippen molar-refractivity contribution in [1.29, 1.82) is 0 Å². The van der Waals surface area contributed by atoms with E-state index >= 15 is 0 Å². The minimum absolute atomic E-state index is 0.222. The molecule has 6 heteroatoms. The summed E-state index contributed by atoms with van der Waals surface area (Å²) in [6.07, 6.45) is 1.54. The van der Waals surface area contributed by atoms with Gasteiger partial charge in [-0.2, -0.15) is 0 Å². The zero-order valence-electron chi connectivity index (χ0n) is 10.9. The van der Waals surface area contributed by atoms with Crippen LogP contribution in [0.25, 0.3) is 0 Å². The lowest BCUT2D eigenvalue weighted by atomic mass is 10.2. The SMILES string of the molecule is CN(c1cccc(C(N)=S)c1)c1ccnc(C(N)=O)c1. The molecule has 0 saturated carbocycles. The maximum atomic E-state index is 11.2. The number of pyridine rings is 1. The van der Waals surface area contributed by atoms with Gasteiger partial charge in [-0.1, -0.05) is 24.4 Å². The highest BCUT2D eigenvalue weighted by Gasteiger charge is 2.09. The van der Waals surface area contributed by atoms with Gasteiger partial charge < -0.3 is 16.4 Å². The van der Waals surface area contributed by atoms with Gasteiger partial charge in [0.1, 0.15) is 10.7 Å². The monoisotopic (exact) mass is 286 g/mol. The summed E-state index contributed by atoms with van der Waals surface area (Å²) in [6.45, 7) is 0. The van der Waals surface area contributed by atoms with Crippen molar-refractivity contribution in [2.75, 3.05) is 11.9 Å². The molecule has 20 heavy (non-hydrogen) atoms. The number of thiocarbonyl (C=S) groups is 1. The van der Waals surface area contributed by atoms with Gasteiger partial charge in [0.05, 0.1) is 0 Å². The minimum atomic E-state index is -0.558. The van der Waals surface area contributed by atoms with Crippen LogP contribution in [0.1, 0.15) is 16.1 Å². The number of primary amides is 1. The minimum Gasteiger partial charge on any atom is -0.389 e. The lowest BCUT2D eigenvalue weighted by molar-refractivity contribution is 0.0995. The van der Waals surface area contributed by atoms with E-state index in [0.29, 0.717) is 4.99 Å². The maximum Gasteiger partial charge on any atom is 0.267 e. The molecule has 1 amide bonds.